The van der Waals surface area contributed by atoms with E-state index in [-0.39, 0.29) is 5.41 Å². The van der Waals surface area contributed by atoms with E-state index in [0.717, 1.165) is 5.69 Å². The zero-order valence-corrected chi connectivity index (χ0v) is 10.6. The molecule has 0 aliphatic heterocycles. The van der Waals surface area contributed by atoms with Gasteiger partial charge in [0.1, 0.15) is 0 Å². The maximum atomic E-state index is 4.37. The van der Waals surface area contributed by atoms with Gasteiger partial charge < -0.3 is 0 Å². The fraction of sp³-hybridized carbons (Fsp3) is 0.250. The number of hydrogen-bond donors (Lipinski definition) is 0. The molecule has 1 radical (unpaired) electrons. The summed E-state index contributed by atoms with van der Waals surface area (Å²) in [5.41, 5.74) is 3.64. The molecule has 17 heavy (non-hydrogen) atoms. The smallest absolute Gasteiger partial charge is 0.0702 e. The molecule has 0 spiro atoms. The molecular weight excluding hydrogens is 206 g/mol. The Morgan fingerprint density at radius 3 is 2.47 bits per heavy atom. The standard InChI is InChI=1S/C16H18N/c1-16(2,3)12-13-7-6-8-14(11-13)15-9-4-5-10-17-15/h4-12H,1-3H3. The molecule has 0 aliphatic rings. The Hall–Kier alpha value is -1.63. The lowest BCUT2D eigenvalue weighted by molar-refractivity contribution is 0.506. The second-order valence-electron chi connectivity index (χ2n) is 5.35. The Labute approximate surface area is 104 Å². The second-order valence-corrected chi connectivity index (χ2v) is 5.35. The van der Waals surface area contributed by atoms with E-state index in [9.17, 15) is 0 Å². The molecule has 0 saturated heterocycles. The zero-order valence-electron chi connectivity index (χ0n) is 10.6. The normalized spacial score (nSPS) is 11.5. The third kappa shape index (κ3) is 3.42. The minimum atomic E-state index is 0.197. The maximum Gasteiger partial charge on any atom is 0.0702 e. The van der Waals surface area contributed by atoms with Crippen molar-refractivity contribution in [2.45, 2.75) is 20.8 Å². The summed E-state index contributed by atoms with van der Waals surface area (Å²) in [6, 6.07) is 14.5. The summed E-state index contributed by atoms with van der Waals surface area (Å²) >= 11 is 0. The average Bonchev–Trinajstić information content (AvgIpc) is 2.28. The Balaban J connectivity index is 2.29. The summed E-state index contributed by atoms with van der Waals surface area (Å²) < 4.78 is 0. The predicted molar refractivity (Wildman–Crippen MR) is 72.5 cm³/mol. The lowest BCUT2D eigenvalue weighted by Crippen LogP contribution is -2.06. The third-order valence-corrected chi connectivity index (χ3v) is 2.45. The van der Waals surface area contributed by atoms with Crippen LogP contribution in [0.4, 0.5) is 0 Å². The summed E-state index contributed by atoms with van der Waals surface area (Å²) in [5.74, 6) is 0. The van der Waals surface area contributed by atoms with Crippen molar-refractivity contribution in [3.8, 4) is 11.3 Å². The average molecular weight is 224 g/mol. The van der Waals surface area contributed by atoms with Crippen LogP contribution < -0.4 is 0 Å². The van der Waals surface area contributed by atoms with Gasteiger partial charge in [-0.2, -0.15) is 0 Å². The minimum absolute atomic E-state index is 0.197. The number of nitrogens with zero attached hydrogens (tertiary/aromatic N) is 1. The van der Waals surface area contributed by atoms with Crippen LogP contribution in [0, 0.1) is 11.8 Å². The van der Waals surface area contributed by atoms with Crippen molar-refractivity contribution in [2.24, 2.45) is 5.41 Å². The molecule has 0 unspecified atom stereocenters. The molecule has 1 heterocycles. The molecule has 0 bridgehead atoms. The predicted octanol–water partition coefficient (Wildman–Crippen LogP) is 4.35. The highest BCUT2D eigenvalue weighted by Gasteiger charge is 2.12. The van der Waals surface area contributed by atoms with Crippen LogP contribution in [0.5, 0.6) is 0 Å². The number of aromatic nitrogens is 1. The van der Waals surface area contributed by atoms with Crippen LogP contribution in [-0.2, 0) is 0 Å². The first-order valence-electron chi connectivity index (χ1n) is 5.92. The highest BCUT2D eigenvalue weighted by atomic mass is 14.7. The van der Waals surface area contributed by atoms with Crippen LogP contribution in [0.1, 0.15) is 26.3 Å². The summed E-state index contributed by atoms with van der Waals surface area (Å²) in [5, 5.41) is 0. The van der Waals surface area contributed by atoms with Crippen LogP contribution in [0.3, 0.4) is 0 Å². The van der Waals surface area contributed by atoms with Gasteiger partial charge in [-0.25, -0.2) is 0 Å². The third-order valence-electron chi connectivity index (χ3n) is 2.45. The number of hydrogen-bond acceptors (Lipinski definition) is 1. The van der Waals surface area contributed by atoms with E-state index in [1.165, 1.54) is 11.1 Å². The van der Waals surface area contributed by atoms with E-state index in [4.69, 9.17) is 0 Å². The lowest BCUT2D eigenvalue weighted by atomic mass is 9.87. The summed E-state index contributed by atoms with van der Waals surface area (Å²) in [7, 11) is 0. The van der Waals surface area contributed by atoms with Gasteiger partial charge in [0.05, 0.1) is 5.69 Å². The molecule has 0 aliphatic carbocycles. The topological polar surface area (TPSA) is 12.9 Å². The molecule has 0 saturated carbocycles. The number of rotatable bonds is 2. The molecule has 1 aromatic carbocycles. The van der Waals surface area contributed by atoms with E-state index in [1.807, 2.05) is 24.4 Å². The first kappa shape index (κ1) is 11.8. The molecule has 1 heteroatoms. The van der Waals surface area contributed by atoms with Crippen molar-refractivity contribution >= 4 is 0 Å². The SMILES string of the molecule is CC(C)(C)[CH]c1cccc(-c2ccccn2)c1. The van der Waals surface area contributed by atoms with Gasteiger partial charge in [-0.3, -0.25) is 4.98 Å². The number of pyridine rings is 1. The van der Waals surface area contributed by atoms with Gasteiger partial charge in [0.15, 0.2) is 0 Å². The number of benzene rings is 1. The van der Waals surface area contributed by atoms with Crippen molar-refractivity contribution in [1.29, 1.82) is 0 Å². The molecule has 0 atom stereocenters. The second kappa shape index (κ2) is 4.70. The van der Waals surface area contributed by atoms with Gasteiger partial charge in [0.2, 0.25) is 0 Å². The summed E-state index contributed by atoms with van der Waals surface area (Å²) in [4.78, 5) is 4.37. The van der Waals surface area contributed by atoms with Crippen molar-refractivity contribution < 1.29 is 0 Å². The molecule has 87 valence electrons. The van der Waals surface area contributed by atoms with Gasteiger partial charge in [0.25, 0.3) is 0 Å². The van der Waals surface area contributed by atoms with Crippen LogP contribution in [0.15, 0.2) is 48.7 Å². The van der Waals surface area contributed by atoms with Crippen LogP contribution >= 0.6 is 0 Å². The van der Waals surface area contributed by atoms with Gasteiger partial charge in [-0.15, -0.1) is 0 Å². The van der Waals surface area contributed by atoms with Crippen LogP contribution in [0.25, 0.3) is 11.3 Å². The molecule has 0 N–H and O–H groups in total. The van der Waals surface area contributed by atoms with E-state index in [2.05, 4.69) is 56.4 Å². The fourth-order valence-corrected chi connectivity index (χ4v) is 1.82. The van der Waals surface area contributed by atoms with Crippen molar-refractivity contribution in [3.63, 3.8) is 0 Å². The van der Waals surface area contributed by atoms with E-state index >= 15 is 0 Å². The highest BCUT2D eigenvalue weighted by molar-refractivity contribution is 5.60. The van der Waals surface area contributed by atoms with Crippen molar-refractivity contribution in [2.75, 3.05) is 0 Å². The summed E-state index contributed by atoms with van der Waals surface area (Å²) in [6.07, 6.45) is 4.11. The van der Waals surface area contributed by atoms with Crippen LogP contribution in [-0.4, -0.2) is 4.98 Å². The molecule has 1 nitrogen and oxygen atoms in total. The molecule has 2 aromatic rings. The minimum Gasteiger partial charge on any atom is -0.256 e. The zero-order chi connectivity index (χ0) is 12.3. The fourth-order valence-electron chi connectivity index (χ4n) is 1.82. The first-order chi connectivity index (χ1) is 8.04. The quantitative estimate of drug-likeness (QED) is 0.739. The summed E-state index contributed by atoms with van der Waals surface area (Å²) in [6.45, 7) is 6.63. The van der Waals surface area contributed by atoms with E-state index in [0.29, 0.717) is 0 Å². The highest BCUT2D eigenvalue weighted by Crippen LogP contribution is 2.25. The largest absolute Gasteiger partial charge is 0.256 e. The Bertz CT molecular complexity index is 480. The van der Waals surface area contributed by atoms with Crippen LogP contribution in [0.2, 0.25) is 0 Å². The molecule has 1 aromatic heterocycles. The van der Waals surface area contributed by atoms with E-state index in [1.54, 1.807) is 0 Å². The van der Waals surface area contributed by atoms with Gasteiger partial charge in [-0.1, -0.05) is 45.0 Å². The lowest BCUT2D eigenvalue weighted by Gasteiger charge is -2.17. The molecule has 2 rings (SSSR count). The van der Waals surface area contributed by atoms with Crippen molar-refractivity contribution in [1.82, 2.24) is 4.98 Å². The monoisotopic (exact) mass is 224 g/mol. The molecule has 0 fully saturated rings. The van der Waals surface area contributed by atoms with Gasteiger partial charge in [-0.05, 0) is 35.6 Å². The van der Waals surface area contributed by atoms with Gasteiger partial charge in [0, 0.05) is 11.8 Å². The Morgan fingerprint density at radius 1 is 1.00 bits per heavy atom. The Kier molecular flexibility index (Phi) is 3.28. The van der Waals surface area contributed by atoms with Gasteiger partial charge >= 0.3 is 0 Å². The van der Waals surface area contributed by atoms with Crippen molar-refractivity contribution in [3.05, 3.63) is 60.6 Å². The van der Waals surface area contributed by atoms with E-state index < -0.39 is 0 Å². The molecule has 0 amide bonds. The maximum absolute atomic E-state index is 4.37. The first-order valence-corrected chi connectivity index (χ1v) is 5.92. The Morgan fingerprint density at radius 2 is 1.82 bits per heavy atom. The molecular formula is C16H18N.